The van der Waals surface area contributed by atoms with Crippen LogP contribution in [0, 0.1) is 6.92 Å². The Morgan fingerprint density at radius 3 is 2.59 bits per heavy atom. The lowest BCUT2D eigenvalue weighted by atomic mass is 10.1. The van der Waals surface area contributed by atoms with Crippen LogP contribution in [0.1, 0.15) is 28.7 Å². The van der Waals surface area contributed by atoms with Gasteiger partial charge in [-0.05, 0) is 25.5 Å². The minimum Gasteiger partial charge on any atom is -0.345 e. The van der Waals surface area contributed by atoms with E-state index in [-0.39, 0.29) is 24.1 Å². The molecule has 8 nitrogen and oxygen atoms in total. The lowest BCUT2D eigenvalue weighted by molar-refractivity contribution is -0.113. The summed E-state index contributed by atoms with van der Waals surface area (Å²) in [6, 6.07) is 17.3. The number of thiazole rings is 1. The quantitative estimate of drug-likeness (QED) is 0.336. The Morgan fingerprint density at radius 1 is 1.06 bits per heavy atom. The van der Waals surface area contributed by atoms with Gasteiger partial charge in [0.2, 0.25) is 5.91 Å². The van der Waals surface area contributed by atoms with Crippen LogP contribution in [0.3, 0.4) is 0 Å². The second-order valence-electron chi connectivity index (χ2n) is 7.38. The molecule has 2 N–H and O–H groups in total. The zero-order valence-corrected chi connectivity index (χ0v) is 20.4. The zero-order valence-electron chi connectivity index (χ0n) is 18.8. The summed E-state index contributed by atoms with van der Waals surface area (Å²) < 4.78 is 1.90. The van der Waals surface area contributed by atoms with Crippen molar-refractivity contribution in [1.29, 1.82) is 0 Å². The molecule has 10 heteroatoms. The first-order valence-electron chi connectivity index (χ1n) is 10.7. The zero-order chi connectivity index (χ0) is 23.9. The van der Waals surface area contributed by atoms with Crippen LogP contribution in [0.5, 0.6) is 0 Å². The molecule has 0 saturated carbocycles. The van der Waals surface area contributed by atoms with Crippen LogP contribution < -0.4 is 10.6 Å². The maximum absolute atomic E-state index is 12.5. The molecule has 0 aliphatic heterocycles. The highest BCUT2D eigenvalue weighted by Gasteiger charge is 2.16. The van der Waals surface area contributed by atoms with Crippen molar-refractivity contribution >= 4 is 40.0 Å². The summed E-state index contributed by atoms with van der Waals surface area (Å²) in [4.78, 5) is 29.4. The molecule has 0 bridgehead atoms. The second-order valence-corrected chi connectivity index (χ2v) is 9.18. The van der Waals surface area contributed by atoms with E-state index in [2.05, 4.69) is 25.8 Å². The number of carbonyl (C=O) groups is 2. The number of nitrogens with one attached hydrogen (secondary N) is 2. The van der Waals surface area contributed by atoms with Crippen LogP contribution in [-0.2, 0) is 17.9 Å². The summed E-state index contributed by atoms with van der Waals surface area (Å²) in [5, 5.41) is 17.3. The normalized spacial score (nSPS) is 10.8. The van der Waals surface area contributed by atoms with Gasteiger partial charge in [-0.2, -0.15) is 0 Å². The Bertz CT molecular complexity index is 1290. The van der Waals surface area contributed by atoms with E-state index in [1.165, 1.54) is 23.1 Å². The molecule has 0 aliphatic rings. The molecule has 0 aliphatic carbocycles. The Labute approximate surface area is 205 Å². The molecule has 174 valence electrons. The number of nitrogens with zero attached hydrogens (tertiary/aromatic N) is 4. The highest BCUT2D eigenvalue weighted by Crippen LogP contribution is 2.25. The van der Waals surface area contributed by atoms with Crippen LogP contribution in [0.15, 0.2) is 65.1 Å². The van der Waals surface area contributed by atoms with Crippen LogP contribution >= 0.6 is 23.1 Å². The molecule has 2 aromatic heterocycles. The van der Waals surface area contributed by atoms with E-state index in [4.69, 9.17) is 0 Å². The number of rotatable bonds is 9. The van der Waals surface area contributed by atoms with Gasteiger partial charge in [0.15, 0.2) is 16.1 Å². The first-order valence-corrected chi connectivity index (χ1v) is 12.6. The first kappa shape index (κ1) is 23.7. The van der Waals surface area contributed by atoms with Crippen LogP contribution in [0.25, 0.3) is 11.3 Å². The lowest BCUT2D eigenvalue weighted by Gasteiger charge is -2.09. The smallest absolute Gasteiger partial charge is 0.251 e. The number of benzene rings is 2. The molecule has 0 unspecified atom stereocenters. The summed E-state index contributed by atoms with van der Waals surface area (Å²) in [6.07, 6.45) is 0. The van der Waals surface area contributed by atoms with E-state index in [1.54, 1.807) is 6.07 Å². The third-order valence-electron chi connectivity index (χ3n) is 5.06. The molecular weight excluding hydrogens is 468 g/mol. The fourth-order valence-electron chi connectivity index (χ4n) is 3.31. The number of hydrogen-bond donors (Lipinski definition) is 2. The van der Waals surface area contributed by atoms with E-state index < -0.39 is 0 Å². The Hall–Kier alpha value is -3.50. The van der Waals surface area contributed by atoms with Gasteiger partial charge in [-0.3, -0.25) is 9.59 Å². The number of anilines is 1. The van der Waals surface area contributed by atoms with Crippen LogP contribution in [-0.4, -0.2) is 37.3 Å². The molecule has 0 spiro atoms. The third kappa shape index (κ3) is 5.70. The maximum atomic E-state index is 12.5. The number of thioether (sulfide) groups is 1. The predicted molar refractivity (Wildman–Crippen MR) is 135 cm³/mol. The summed E-state index contributed by atoms with van der Waals surface area (Å²) in [5.74, 6) is 0.489. The second kappa shape index (κ2) is 11.1. The van der Waals surface area contributed by atoms with Crippen molar-refractivity contribution in [3.8, 4) is 11.3 Å². The van der Waals surface area contributed by atoms with Gasteiger partial charge in [-0.15, -0.1) is 21.5 Å². The van der Waals surface area contributed by atoms with Crippen molar-refractivity contribution in [3.05, 3.63) is 76.9 Å². The van der Waals surface area contributed by atoms with Gasteiger partial charge >= 0.3 is 0 Å². The topological polar surface area (TPSA) is 102 Å². The minimum absolute atomic E-state index is 0.157. The van der Waals surface area contributed by atoms with Crippen molar-refractivity contribution in [3.63, 3.8) is 0 Å². The Morgan fingerprint density at radius 2 is 1.82 bits per heavy atom. The molecule has 2 amide bonds. The molecule has 0 fully saturated rings. The highest BCUT2D eigenvalue weighted by molar-refractivity contribution is 7.99. The van der Waals surface area contributed by atoms with Crippen LogP contribution in [0.2, 0.25) is 0 Å². The standard InChI is InChI=1S/C24H24N6O2S2/c1-3-30-20(13-25-22(32)18-12-8-7-9-16(18)2)28-29-24(30)34-15-21(31)27-23-26-19(14-33-23)17-10-5-4-6-11-17/h4-12,14H,3,13,15H2,1-2H3,(H,25,32)(H,26,27,31). The summed E-state index contributed by atoms with van der Waals surface area (Å²) in [5.41, 5.74) is 3.38. The van der Waals surface area contributed by atoms with Gasteiger partial charge in [0.1, 0.15) is 0 Å². The molecule has 2 aromatic carbocycles. The fraction of sp³-hybridized carbons (Fsp3) is 0.208. The molecule has 4 rings (SSSR count). The van der Waals surface area contributed by atoms with Crippen molar-refractivity contribution in [1.82, 2.24) is 25.1 Å². The maximum Gasteiger partial charge on any atom is 0.251 e. The molecule has 4 aromatic rings. The van der Waals surface area contributed by atoms with Crippen LogP contribution in [0.4, 0.5) is 5.13 Å². The monoisotopic (exact) mass is 492 g/mol. The number of carbonyl (C=O) groups excluding carboxylic acids is 2. The summed E-state index contributed by atoms with van der Waals surface area (Å²) in [6.45, 7) is 4.75. The highest BCUT2D eigenvalue weighted by atomic mass is 32.2. The SMILES string of the molecule is CCn1c(CNC(=O)c2ccccc2C)nnc1SCC(=O)Nc1nc(-c2ccccc2)cs1. The Balaban J connectivity index is 1.32. The number of amides is 2. The van der Waals surface area contributed by atoms with Gasteiger partial charge in [0, 0.05) is 23.1 Å². The average molecular weight is 493 g/mol. The van der Waals surface area contributed by atoms with E-state index in [1.807, 2.05) is 72.3 Å². The van der Waals surface area contributed by atoms with Gasteiger partial charge in [0.25, 0.3) is 5.91 Å². The molecule has 0 radical (unpaired) electrons. The van der Waals surface area contributed by atoms with E-state index in [0.29, 0.717) is 28.2 Å². The van der Waals surface area contributed by atoms with Crippen molar-refractivity contribution in [2.24, 2.45) is 0 Å². The van der Waals surface area contributed by atoms with E-state index in [0.717, 1.165) is 16.8 Å². The average Bonchev–Trinajstić information content (AvgIpc) is 3.48. The molecule has 0 atom stereocenters. The minimum atomic E-state index is -0.168. The molecular formula is C24H24N6O2S2. The van der Waals surface area contributed by atoms with Gasteiger partial charge in [0.05, 0.1) is 18.0 Å². The predicted octanol–water partition coefficient (Wildman–Crippen LogP) is 4.39. The van der Waals surface area contributed by atoms with E-state index >= 15 is 0 Å². The van der Waals surface area contributed by atoms with Crippen molar-refractivity contribution in [2.75, 3.05) is 11.1 Å². The molecule has 0 saturated heterocycles. The first-order chi connectivity index (χ1) is 16.5. The van der Waals surface area contributed by atoms with Crippen molar-refractivity contribution in [2.45, 2.75) is 32.1 Å². The molecule has 2 heterocycles. The largest absolute Gasteiger partial charge is 0.345 e. The number of aryl methyl sites for hydroxylation is 1. The number of hydrogen-bond acceptors (Lipinski definition) is 7. The number of aromatic nitrogens is 4. The lowest BCUT2D eigenvalue weighted by Crippen LogP contribution is -2.25. The molecule has 34 heavy (non-hydrogen) atoms. The van der Waals surface area contributed by atoms with Gasteiger partial charge in [-0.1, -0.05) is 60.3 Å². The summed E-state index contributed by atoms with van der Waals surface area (Å²) >= 11 is 2.69. The van der Waals surface area contributed by atoms with Gasteiger partial charge < -0.3 is 15.2 Å². The van der Waals surface area contributed by atoms with Crippen molar-refractivity contribution < 1.29 is 9.59 Å². The van der Waals surface area contributed by atoms with E-state index in [9.17, 15) is 9.59 Å². The fourth-order valence-corrected chi connectivity index (χ4v) is 4.87. The van der Waals surface area contributed by atoms with Gasteiger partial charge in [-0.25, -0.2) is 4.98 Å². The summed E-state index contributed by atoms with van der Waals surface area (Å²) in [7, 11) is 0. The Kier molecular flexibility index (Phi) is 7.71. The third-order valence-corrected chi connectivity index (χ3v) is 6.78.